The van der Waals surface area contributed by atoms with Crippen LogP contribution in [0.2, 0.25) is 5.02 Å². The third-order valence-electron chi connectivity index (χ3n) is 5.24. The van der Waals surface area contributed by atoms with Crippen LogP contribution >= 0.6 is 27.5 Å². The van der Waals surface area contributed by atoms with Crippen molar-refractivity contribution >= 4 is 67.5 Å². The SMILES string of the molecule is Cc1ccc(NC(=O)c2cc3cc(Br)ccc3n2NC(=O)C(=O)Nc2cccc(Cl)c2C)cc1. The fourth-order valence-electron chi connectivity index (χ4n) is 3.38. The number of nitrogens with one attached hydrogen (secondary N) is 3. The number of hydrogen-bond donors (Lipinski definition) is 3. The van der Waals surface area contributed by atoms with Gasteiger partial charge in [-0.3, -0.25) is 19.8 Å². The van der Waals surface area contributed by atoms with Crippen LogP contribution in [-0.4, -0.2) is 22.4 Å². The summed E-state index contributed by atoms with van der Waals surface area (Å²) in [6, 6.07) is 19.3. The molecule has 0 radical (unpaired) electrons. The normalized spacial score (nSPS) is 10.7. The van der Waals surface area contributed by atoms with Crippen molar-refractivity contribution in [3.63, 3.8) is 0 Å². The van der Waals surface area contributed by atoms with Gasteiger partial charge in [-0.1, -0.05) is 51.3 Å². The molecule has 0 aliphatic rings. The number of nitrogens with zero attached hydrogens (tertiary/aromatic N) is 1. The van der Waals surface area contributed by atoms with E-state index in [2.05, 4.69) is 32.0 Å². The summed E-state index contributed by atoms with van der Waals surface area (Å²) >= 11 is 9.51. The van der Waals surface area contributed by atoms with Crippen molar-refractivity contribution in [3.8, 4) is 0 Å². The molecule has 0 fully saturated rings. The molecule has 3 amide bonds. The number of anilines is 2. The van der Waals surface area contributed by atoms with Crippen molar-refractivity contribution in [3.05, 3.63) is 93.0 Å². The van der Waals surface area contributed by atoms with Crippen molar-refractivity contribution < 1.29 is 14.4 Å². The Labute approximate surface area is 209 Å². The van der Waals surface area contributed by atoms with E-state index >= 15 is 0 Å². The Kier molecular flexibility index (Phi) is 6.72. The van der Waals surface area contributed by atoms with Gasteiger partial charge in [0, 0.05) is 26.3 Å². The van der Waals surface area contributed by atoms with E-state index in [-0.39, 0.29) is 5.69 Å². The minimum absolute atomic E-state index is 0.161. The Morgan fingerprint density at radius 3 is 2.35 bits per heavy atom. The van der Waals surface area contributed by atoms with E-state index in [0.29, 0.717) is 32.9 Å². The zero-order valence-corrected chi connectivity index (χ0v) is 20.6. The molecule has 0 atom stereocenters. The van der Waals surface area contributed by atoms with Crippen LogP contribution in [0.3, 0.4) is 0 Å². The number of aromatic nitrogens is 1. The molecule has 0 unspecified atom stereocenters. The molecule has 0 aliphatic heterocycles. The Morgan fingerprint density at radius 2 is 1.62 bits per heavy atom. The van der Waals surface area contributed by atoms with Crippen LogP contribution in [0.25, 0.3) is 10.9 Å². The molecule has 3 N–H and O–H groups in total. The average molecular weight is 540 g/mol. The van der Waals surface area contributed by atoms with Crippen LogP contribution in [0.15, 0.2) is 71.2 Å². The van der Waals surface area contributed by atoms with Gasteiger partial charge in [-0.2, -0.15) is 0 Å². The second kappa shape index (κ2) is 9.70. The maximum absolute atomic E-state index is 13.1. The summed E-state index contributed by atoms with van der Waals surface area (Å²) in [6.45, 7) is 3.69. The summed E-state index contributed by atoms with van der Waals surface area (Å²) in [7, 11) is 0. The van der Waals surface area contributed by atoms with Gasteiger partial charge in [0.05, 0.1) is 5.52 Å². The van der Waals surface area contributed by atoms with Gasteiger partial charge in [-0.05, 0) is 67.9 Å². The molecule has 7 nitrogen and oxygen atoms in total. The second-order valence-electron chi connectivity index (χ2n) is 7.70. The highest BCUT2D eigenvalue weighted by atomic mass is 79.9. The largest absolute Gasteiger partial charge is 0.328 e. The van der Waals surface area contributed by atoms with Gasteiger partial charge in [0.15, 0.2) is 0 Å². The minimum atomic E-state index is -0.941. The van der Waals surface area contributed by atoms with Crippen molar-refractivity contribution in [2.45, 2.75) is 13.8 Å². The molecule has 4 aromatic rings. The highest BCUT2D eigenvalue weighted by molar-refractivity contribution is 9.10. The highest BCUT2D eigenvalue weighted by Gasteiger charge is 2.21. The van der Waals surface area contributed by atoms with Crippen molar-refractivity contribution in [1.82, 2.24) is 4.68 Å². The topological polar surface area (TPSA) is 92.2 Å². The first-order chi connectivity index (χ1) is 16.2. The zero-order chi connectivity index (χ0) is 24.4. The molecule has 1 aromatic heterocycles. The first-order valence-corrected chi connectivity index (χ1v) is 11.5. The predicted molar refractivity (Wildman–Crippen MR) is 138 cm³/mol. The van der Waals surface area contributed by atoms with Gasteiger partial charge in [-0.25, -0.2) is 4.68 Å². The Balaban J connectivity index is 1.63. The van der Waals surface area contributed by atoms with E-state index in [9.17, 15) is 14.4 Å². The number of fused-ring (bicyclic) bond motifs is 1. The summed E-state index contributed by atoms with van der Waals surface area (Å²) in [5.74, 6) is -2.28. The molecule has 172 valence electrons. The van der Waals surface area contributed by atoms with E-state index in [4.69, 9.17) is 11.6 Å². The lowest BCUT2D eigenvalue weighted by Crippen LogP contribution is -2.36. The number of carbonyl (C=O) groups excluding carboxylic acids is 3. The van der Waals surface area contributed by atoms with Gasteiger partial charge < -0.3 is 10.6 Å². The molecule has 0 spiro atoms. The van der Waals surface area contributed by atoms with E-state index in [1.54, 1.807) is 55.5 Å². The summed E-state index contributed by atoms with van der Waals surface area (Å²) in [5, 5.41) is 6.55. The second-order valence-corrected chi connectivity index (χ2v) is 9.02. The molecular formula is C25H20BrClN4O3. The van der Waals surface area contributed by atoms with Crippen LogP contribution < -0.4 is 16.1 Å². The standard InChI is InChI=1S/C25H20BrClN4O3/c1-14-6-9-18(10-7-14)28-23(32)22-13-16-12-17(26)8-11-21(16)31(22)30-25(34)24(33)29-20-5-3-4-19(27)15(20)2/h3-13H,1-2H3,(H,28,32)(H,29,33)(H,30,34). The minimum Gasteiger partial charge on any atom is -0.321 e. The highest BCUT2D eigenvalue weighted by Crippen LogP contribution is 2.25. The number of benzene rings is 3. The molecule has 4 rings (SSSR count). The molecule has 0 bridgehead atoms. The third kappa shape index (κ3) is 4.98. The number of amides is 3. The first-order valence-electron chi connectivity index (χ1n) is 10.3. The van der Waals surface area contributed by atoms with Gasteiger partial charge in [0.2, 0.25) is 0 Å². The van der Waals surface area contributed by atoms with Gasteiger partial charge in [0.1, 0.15) is 5.69 Å². The lowest BCUT2D eigenvalue weighted by Gasteiger charge is -2.13. The zero-order valence-electron chi connectivity index (χ0n) is 18.3. The van der Waals surface area contributed by atoms with Crippen LogP contribution in [-0.2, 0) is 9.59 Å². The van der Waals surface area contributed by atoms with Gasteiger partial charge >= 0.3 is 11.8 Å². The first kappa shape index (κ1) is 23.5. The summed E-state index contributed by atoms with van der Waals surface area (Å²) in [4.78, 5) is 38.5. The molecular weight excluding hydrogens is 520 g/mol. The number of carbonyl (C=O) groups is 3. The molecule has 9 heteroatoms. The quantitative estimate of drug-likeness (QED) is 0.293. The Bertz CT molecular complexity index is 1430. The fourth-order valence-corrected chi connectivity index (χ4v) is 3.93. The third-order valence-corrected chi connectivity index (χ3v) is 6.14. The van der Waals surface area contributed by atoms with Crippen LogP contribution in [0.4, 0.5) is 11.4 Å². The summed E-state index contributed by atoms with van der Waals surface area (Å²) in [5.41, 5.74) is 5.98. The van der Waals surface area contributed by atoms with Gasteiger partial charge in [-0.15, -0.1) is 0 Å². The monoisotopic (exact) mass is 538 g/mol. The van der Waals surface area contributed by atoms with Gasteiger partial charge in [0.25, 0.3) is 5.91 Å². The Morgan fingerprint density at radius 1 is 0.882 bits per heavy atom. The molecule has 0 saturated heterocycles. The molecule has 0 aliphatic carbocycles. The van der Waals surface area contributed by atoms with E-state index in [1.165, 1.54) is 4.68 Å². The van der Waals surface area contributed by atoms with Crippen molar-refractivity contribution in [2.24, 2.45) is 0 Å². The summed E-state index contributed by atoms with van der Waals surface area (Å²) in [6.07, 6.45) is 0. The summed E-state index contributed by atoms with van der Waals surface area (Å²) < 4.78 is 2.11. The molecule has 34 heavy (non-hydrogen) atoms. The number of aryl methyl sites for hydroxylation is 1. The number of halogens is 2. The predicted octanol–water partition coefficient (Wildman–Crippen LogP) is 5.64. The lowest BCUT2D eigenvalue weighted by atomic mass is 10.2. The van der Waals surface area contributed by atoms with Crippen molar-refractivity contribution in [1.29, 1.82) is 0 Å². The Hall–Kier alpha value is -3.62. The van der Waals surface area contributed by atoms with E-state index in [0.717, 1.165) is 10.0 Å². The fraction of sp³-hybridized carbons (Fsp3) is 0.0800. The van der Waals surface area contributed by atoms with Crippen LogP contribution in [0.5, 0.6) is 0 Å². The van der Waals surface area contributed by atoms with Crippen molar-refractivity contribution in [2.75, 3.05) is 16.1 Å². The van der Waals surface area contributed by atoms with Crippen LogP contribution in [0.1, 0.15) is 21.6 Å². The van der Waals surface area contributed by atoms with E-state index in [1.807, 2.05) is 25.1 Å². The smallest absolute Gasteiger partial charge is 0.321 e. The molecule has 3 aromatic carbocycles. The number of hydrogen-bond acceptors (Lipinski definition) is 3. The van der Waals surface area contributed by atoms with E-state index < -0.39 is 17.7 Å². The maximum Gasteiger partial charge on any atom is 0.328 e. The molecule has 1 heterocycles. The molecule has 0 saturated carbocycles. The maximum atomic E-state index is 13.1. The number of rotatable bonds is 4. The lowest BCUT2D eigenvalue weighted by molar-refractivity contribution is -0.133. The van der Waals surface area contributed by atoms with Crippen LogP contribution in [0, 0.1) is 13.8 Å². The average Bonchev–Trinajstić information content (AvgIpc) is 3.15.